The van der Waals surface area contributed by atoms with Crippen LogP contribution >= 0.6 is 15.9 Å². The summed E-state index contributed by atoms with van der Waals surface area (Å²) in [6, 6.07) is 12.3. The van der Waals surface area contributed by atoms with E-state index in [4.69, 9.17) is 4.74 Å². The van der Waals surface area contributed by atoms with E-state index in [0.29, 0.717) is 16.6 Å². The van der Waals surface area contributed by atoms with E-state index in [1.807, 2.05) is 38.1 Å². The number of carbonyl (C=O) groups excluding carboxylic acids is 1. The molecule has 0 aliphatic rings. The van der Waals surface area contributed by atoms with Crippen molar-refractivity contribution in [2.75, 3.05) is 13.7 Å². The van der Waals surface area contributed by atoms with Gasteiger partial charge in [-0.25, -0.2) is 4.39 Å². The largest absolute Gasteiger partial charge is 0.497 e. The maximum absolute atomic E-state index is 13.7. The van der Waals surface area contributed by atoms with Crippen LogP contribution in [0.25, 0.3) is 0 Å². The lowest BCUT2D eigenvalue weighted by atomic mass is 10.0. The van der Waals surface area contributed by atoms with E-state index in [2.05, 4.69) is 15.9 Å². The van der Waals surface area contributed by atoms with Gasteiger partial charge in [-0.1, -0.05) is 12.1 Å². The first-order valence-corrected chi connectivity index (χ1v) is 8.64. The van der Waals surface area contributed by atoms with Crippen LogP contribution in [-0.4, -0.2) is 30.5 Å². The van der Waals surface area contributed by atoms with E-state index in [1.54, 1.807) is 24.1 Å². The number of likely N-dealkylation sites (N-methyl/N-ethyl adjacent to an activating group) is 1. The van der Waals surface area contributed by atoms with Gasteiger partial charge in [-0.15, -0.1) is 0 Å². The summed E-state index contributed by atoms with van der Waals surface area (Å²) in [6.45, 7) is 4.49. The average Bonchev–Trinajstić information content (AvgIpc) is 2.58. The Morgan fingerprint density at radius 2 is 1.92 bits per heavy atom. The molecule has 0 saturated carbocycles. The predicted octanol–water partition coefficient (Wildman–Crippen LogP) is 4.69. The van der Waals surface area contributed by atoms with Gasteiger partial charge in [0.2, 0.25) is 0 Å². The third kappa shape index (κ3) is 4.35. The lowest BCUT2D eigenvalue weighted by Gasteiger charge is -2.28. The van der Waals surface area contributed by atoms with E-state index in [1.165, 1.54) is 6.07 Å². The summed E-state index contributed by atoms with van der Waals surface area (Å²) in [6.07, 6.45) is 0.725. The Morgan fingerprint density at radius 3 is 2.46 bits per heavy atom. The monoisotopic (exact) mass is 393 g/mol. The number of amides is 1. The molecule has 2 aromatic rings. The van der Waals surface area contributed by atoms with Gasteiger partial charge in [0.25, 0.3) is 5.91 Å². The van der Waals surface area contributed by atoms with Crippen molar-refractivity contribution >= 4 is 21.8 Å². The highest BCUT2D eigenvalue weighted by Crippen LogP contribution is 2.20. The van der Waals surface area contributed by atoms with E-state index in [0.717, 1.165) is 17.7 Å². The fourth-order valence-corrected chi connectivity index (χ4v) is 2.91. The van der Waals surface area contributed by atoms with Crippen molar-refractivity contribution < 1.29 is 13.9 Å². The van der Waals surface area contributed by atoms with Crippen molar-refractivity contribution in [1.29, 1.82) is 0 Å². The Balaban J connectivity index is 2.13. The molecule has 1 amide bonds. The second-order valence-electron chi connectivity index (χ2n) is 5.62. The molecule has 0 N–H and O–H groups in total. The first-order chi connectivity index (χ1) is 11.5. The van der Waals surface area contributed by atoms with Gasteiger partial charge in [-0.3, -0.25) is 4.79 Å². The third-order valence-electron chi connectivity index (χ3n) is 3.99. The molecule has 0 spiro atoms. The molecule has 1 unspecified atom stereocenters. The minimum Gasteiger partial charge on any atom is -0.497 e. The highest BCUT2D eigenvalue weighted by molar-refractivity contribution is 9.10. The minimum absolute atomic E-state index is 0.00241. The van der Waals surface area contributed by atoms with Gasteiger partial charge < -0.3 is 9.64 Å². The fourth-order valence-electron chi connectivity index (χ4n) is 2.66. The van der Waals surface area contributed by atoms with E-state index < -0.39 is 5.82 Å². The summed E-state index contributed by atoms with van der Waals surface area (Å²) < 4.78 is 19.2. The van der Waals surface area contributed by atoms with Crippen LogP contribution in [0.15, 0.2) is 46.9 Å². The highest BCUT2D eigenvalue weighted by Gasteiger charge is 2.21. The topological polar surface area (TPSA) is 29.5 Å². The molecule has 3 nitrogen and oxygen atoms in total. The lowest BCUT2D eigenvalue weighted by molar-refractivity contribution is 0.0703. The number of rotatable bonds is 6. The van der Waals surface area contributed by atoms with Crippen LogP contribution in [0.3, 0.4) is 0 Å². The zero-order valence-corrected chi connectivity index (χ0v) is 15.6. The molecular formula is C19H21BrFNO2. The smallest absolute Gasteiger partial charge is 0.254 e. The van der Waals surface area contributed by atoms with Crippen molar-refractivity contribution in [2.45, 2.75) is 26.3 Å². The number of hydrogen-bond acceptors (Lipinski definition) is 2. The normalized spacial score (nSPS) is 11.9. The van der Waals surface area contributed by atoms with Gasteiger partial charge in [-0.2, -0.15) is 0 Å². The molecule has 0 bridgehead atoms. The molecule has 0 saturated heterocycles. The van der Waals surface area contributed by atoms with Crippen LogP contribution in [0.5, 0.6) is 5.75 Å². The molecule has 0 aromatic heterocycles. The maximum Gasteiger partial charge on any atom is 0.254 e. The molecule has 0 fully saturated rings. The van der Waals surface area contributed by atoms with Crippen molar-refractivity contribution in [3.8, 4) is 5.75 Å². The summed E-state index contributed by atoms with van der Waals surface area (Å²) in [7, 11) is 1.63. The Kier molecular flexibility index (Phi) is 6.37. The molecule has 1 atom stereocenters. The lowest BCUT2D eigenvalue weighted by Crippen LogP contribution is -2.39. The summed E-state index contributed by atoms with van der Waals surface area (Å²) in [5.74, 6) is 0.213. The van der Waals surface area contributed by atoms with Crippen LogP contribution in [0.2, 0.25) is 0 Å². The Hall–Kier alpha value is -1.88. The molecule has 0 heterocycles. The standard InChI is InChI=1S/C19H21BrFNO2/c1-4-22(19(23)15-7-10-17(20)18(21)12-15)13(2)11-14-5-8-16(24-3)9-6-14/h5-10,12-13H,4,11H2,1-3H3. The molecule has 0 radical (unpaired) electrons. The summed E-state index contributed by atoms with van der Waals surface area (Å²) in [5, 5.41) is 0. The summed E-state index contributed by atoms with van der Waals surface area (Å²) >= 11 is 3.11. The van der Waals surface area contributed by atoms with Crippen LogP contribution in [-0.2, 0) is 6.42 Å². The van der Waals surface area contributed by atoms with E-state index >= 15 is 0 Å². The third-order valence-corrected chi connectivity index (χ3v) is 4.63. The minimum atomic E-state index is -0.431. The number of benzene rings is 2. The summed E-state index contributed by atoms with van der Waals surface area (Å²) in [5.41, 5.74) is 1.48. The van der Waals surface area contributed by atoms with Crippen LogP contribution < -0.4 is 4.74 Å². The zero-order chi connectivity index (χ0) is 17.7. The van der Waals surface area contributed by atoms with Crippen molar-refractivity contribution in [3.05, 3.63) is 63.9 Å². The second-order valence-corrected chi connectivity index (χ2v) is 6.48. The van der Waals surface area contributed by atoms with E-state index in [-0.39, 0.29) is 11.9 Å². The average molecular weight is 394 g/mol. The second kappa shape index (κ2) is 8.29. The van der Waals surface area contributed by atoms with Crippen LogP contribution in [0, 0.1) is 5.82 Å². The van der Waals surface area contributed by atoms with E-state index in [9.17, 15) is 9.18 Å². The quantitative estimate of drug-likeness (QED) is 0.712. The fraction of sp³-hybridized carbons (Fsp3) is 0.316. The number of halogens is 2. The van der Waals surface area contributed by atoms with Crippen LogP contribution in [0.1, 0.15) is 29.8 Å². The SMILES string of the molecule is CCN(C(=O)c1ccc(Br)c(F)c1)C(C)Cc1ccc(OC)cc1. The van der Waals surface area contributed by atoms with Crippen molar-refractivity contribution in [3.63, 3.8) is 0 Å². The van der Waals surface area contributed by atoms with Gasteiger partial charge >= 0.3 is 0 Å². The van der Waals surface area contributed by atoms with Crippen molar-refractivity contribution in [1.82, 2.24) is 4.90 Å². The Bertz CT molecular complexity index is 703. The first-order valence-electron chi connectivity index (χ1n) is 7.85. The Labute approximate surface area is 150 Å². The number of methoxy groups -OCH3 is 1. The summed E-state index contributed by atoms with van der Waals surface area (Å²) in [4.78, 5) is 14.5. The molecular weight excluding hydrogens is 373 g/mol. The molecule has 2 rings (SSSR count). The van der Waals surface area contributed by atoms with Crippen LogP contribution in [0.4, 0.5) is 4.39 Å². The molecule has 0 aliphatic heterocycles. The number of ether oxygens (including phenoxy) is 1. The van der Waals surface area contributed by atoms with Gasteiger partial charge in [0, 0.05) is 18.2 Å². The van der Waals surface area contributed by atoms with Gasteiger partial charge in [0.15, 0.2) is 0 Å². The van der Waals surface area contributed by atoms with Gasteiger partial charge in [0.05, 0.1) is 11.6 Å². The predicted molar refractivity (Wildman–Crippen MR) is 97.0 cm³/mol. The number of carbonyl (C=O) groups is 1. The van der Waals surface area contributed by atoms with Crippen molar-refractivity contribution in [2.24, 2.45) is 0 Å². The molecule has 128 valence electrons. The van der Waals surface area contributed by atoms with Gasteiger partial charge in [0.1, 0.15) is 11.6 Å². The number of hydrogen-bond donors (Lipinski definition) is 0. The number of nitrogens with zero attached hydrogens (tertiary/aromatic N) is 1. The molecule has 5 heteroatoms. The highest BCUT2D eigenvalue weighted by atomic mass is 79.9. The molecule has 24 heavy (non-hydrogen) atoms. The zero-order valence-electron chi connectivity index (χ0n) is 14.1. The first kappa shape index (κ1) is 18.5. The molecule has 0 aliphatic carbocycles. The van der Waals surface area contributed by atoms with Gasteiger partial charge in [-0.05, 0) is 72.1 Å². The Morgan fingerprint density at radius 1 is 1.25 bits per heavy atom. The maximum atomic E-state index is 13.7. The molecule has 2 aromatic carbocycles.